The minimum absolute atomic E-state index is 0.0734. The molecule has 0 aliphatic rings. The molecule has 0 amide bonds. The van der Waals surface area contributed by atoms with Gasteiger partial charge < -0.3 is 5.11 Å². The van der Waals surface area contributed by atoms with Crippen LogP contribution in [0.3, 0.4) is 0 Å². The van der Waals surface area contributed by atoms with Gasteiger partial charge in [-0.1, -0.05) is 33.3 Å². The summed E-state index contributed by atoms with van der Waals surface area (Å²) in [5.74, 6) is -0.371. The number of hydrogen-bond acceptors (Lipinski definition) is 3. The number of hydrogen-bond donors (Lipinski definition) is 1. The van der Waals surface area contributed by atoms with E-state index < -0.39 is 6.10 Å². The van der Waals surface area contributed by atoms with Crippen molar-refractivity contribution >= 4 is 11.6 Å². The maximum Gasteiger partial charge on any atom is 0.161 e. The number of unbranched alkanes of at least 4 members (excludes halogenated alkanes) is 1. The highest BCUT2D eigenvalue weighted by Crippen LogP contribution is 2.10. The van der Waals surface area contributed by atoms with Crippen molar-refractivity contribution in [3.63, 3.8) is 0 Å². The Bertz CT molecular complexity index is 266. The van der Waals surface area contributed by atoms with Gasteiger partial charge in [0.15, 0.2) is 11.6 Å². The zero-order valence-electron chi connectivity index (χ0n) is 10.5. The Hall–Kier alpha value is -0.960. The molecule has 0 radical (unpaired) electrons. The SMILES string of the molecule is CCC/C=C(\CC)C(=O)C[C@@H](O)C(=O)CC. The van der Waals surface area contributed by atoms with Crippen LogP contribution in [0.4, 0.5) is 0 Å². The monoisotopic (exact) mass is 226 g/mol. The van der Waals surface area contributed by atoms with Gasteiger partial charge in [0.2, 0.25) is 0 Å². The first-order valence-corrected chi connectivity index (χ1v) is 5.99. The normalized spacial score (nSPS) is 13.6. The lowest BCUT2D eigenvalue weighted by atomic mass is 9.99. The second-order valence-electron chi connectivity index (χ2n) is 3.83. The molecule has 0 saturated heterocycles. The number of aliphatic hydroxyl groups excluding tert-OH is 1. The molecule has 3 heteroatoms. The van der Waals surface area contributed by atoms with Gasteiger partial charge in [-0.25, -0.2) is 0 Å². The van der Waals surface area contributed by atoms with Crippen molar-refractivity contribution in [2.24, 2.45) is 0 Å². The number of aliphatic hydroxyl groups is 1. The summed E-state index contributed by atoms with van der Waals surface area (Å²) in [5, 5.41) is 9.46. The molecule has 0 rings (SSSR count). The van der Waals surface area contributed by atoms with Crippen molar-refractivity contribution in [2.75, 3.05) is 0 Å². The van der Waals surface area contributed by atoms with E-state index in [0.717, 1.165) is 18.4 Å². The van der Waals surface area contributed by atoms with Gasteiger partial charge in [-0.2, -0.15) is 0 Å². The Kier molecular flexibility index (Phi) is 7.73. The smallest absolute Gasteiger partial charge is 0.161 e. The van der Waals surface area contributed by atoms with Crippen LogP contribution >= 0.6 is 0 Å². The Balaban J connectivity index is 4.37. The van der Waals surface area contributed by atoms with E-state index in [1.54, 1.807) is 6.92 Å². The Morgan fingerprint density at radius 2 is 1.81 bits per heavy atom. The summed E-state index contributed by atoms with van der Waals surface area (Å²) in [4.78, 5) is 22.9. The largest absolute Gasteiger partial charge is 0.385 e. The van der Waals surface area contributed by atoms with Crippen LogP contribution in [0, 0.1) is 0 Å². The highest BCUT2D eigenvalue weighted by atomic mass is 16.3. The quantitative estimate of drug-likeness (QED) is 0.647. The van der Waals surface area contributed by atoms with Gasteiger partial charge in [0.25, 0.3) is 0 Å². The number of Topliss-reactive ketones (excluding diaryl/α,β-unsaturated/α-hetero) is 2. The number of carbonyl (C=O) groups excluding carboxylic acids is 2. The molecule has 0 unspecified atom stereocenters. The Labute approximate surface area is 97.5 Å². The molecule has 16 heavy (non-hydrogen) atoms. The molecule has 0 aromatic rings. The summed E-state index contributed by atoms with van der Waals surface area (Å²) in [6, 6.07) is 0. The van der Waals surface area contributed by atoms with Crippen LogP contribution in [-0.4, -0.2) is 22.8 Å². The molecule has 3 nitrogen and oxygen atoms in total. The number of carbonyl (C=O) groups is 2. The third-order valence-electron chi connectivity index (χ3n) is 2.52. The fourth-order valence-corrected chi connectivity index (χ4v) is 1.43. The van der Waals surface area contributed by atoms with E-state index in [-0.39, 0.29) is 24.4 Å². The van der Waals surface area contributed by atoms with Crippen molar-refractivity contribution in [1.82, 2.24) is 0 Å². The first kappa shape index (κ1) is 15.0. The molecular formula is C13H22O3. The van der Waals surface area contributed by atoms with Crippen LogP contribution < -0.4 is 0 Å². The maximum absolute atomic E-state index is 11.7. The second kappa shape index (κ2) is 8.22. The number of rotatable bonds is 8. The predicted molar refractivity (Wildman–Crippen MR) is 64.2 cm³/mol. The molecule has 0 saturated carbocycles. The zero-order valence-corrected chi connectivity index (χ0v) is 10.5. The molecule has 0 aromatic carbocycles. The average Bonchev–Trinajstić information content (AvgIpc) is 2.28. The summed E-state index contributed by atoms with van der Waals surface area (Å²) >= 11 is 0. The van der Waals surface area contributed by atoms with E-state index in [0.29, 0.717) is 6.42 Å². The van der Waals surface area contributed by atoms with Crippen molar-refractivity contribution in [3.8, 4) is 0 Å². The van der Waals surface area contributed by atoms with E-state index in [9.17, 15) is 14.7 Å². The van der Waals surface area contributed by atoms with Crippen LogP contribution in [-0.2, 0) is 9.59 Å². The molecule has 1 N–H and O–H groups in total. The molecule has 0 heterocycles. The Morgan fingerprint density at radius 3 is 2.25 bits per heavy atom. The first-order chi connectivity index (χ1) is 7.56. The van der Waals surface area contributed by atoms with Gasteiger partial charge in [-0.3, -0.25) is 9.59 Å². The second-order valence-corrected chi connectivity index (χ2v) is 3.83. The van der Waals surface area contributed by atoms with Gasteiger partial charge in [0, 0.05) is 12.8 Å². The number of allylic oxidation sites excluding steroid dienone is 2. The van der Waals surface area contributed by atoms with Crippen molar-refractivity contribution < 1.29 is 14.7 Å². The Morgan fingerprint density at radius 1 is 1.19 bits per heavy atom. The summed E-state index contributed by atoms with van der Waals surface area (Å²) in [7, 11) is 0. The molecular weight excluding hydrogens is 204 g/mol. The van der Waals surface area contributed by atoms with Crippen LogP contribution in [0.5, 0.6) is 0 Å². The van der Waals surface area contributed by atoms with Crippen LogP contribution in [0.25, 0.3) is 0 Å². The minimum atomic E-state index is -1.13. The topological polar surface area (TPSA) is 54.4 Å². The lowest BCUT2D eigenvalue weighted by Gasteiger charge is -2.08. The summed E-state index contributed by atoms with van der Waals surface area (Å²) in [6.45, 7) is 5.64. The fourth-order valence-electron chi connectivity index (χ4n) is 1.43. The molecule has 92 valence electrons. The van der Waals surface area contributed by atoms with Crippen LogP contribution in [0.15, 0.2) is 11.6 Å². The molecule has 1 atom stereocenters. The molecule has 0 aliphatic heterocycles. The predicted octanol–water partition coefficient (Wildman–Crippen LogP) is 2.42. The molecule has 0 aliphatic carbocycles. The summed E-state index contributed by atoms with van der Waals surface area (Å²) in [6.07, 6.45) is 3.50. The lowest BCUT2D eigenvalue weighted by Crippen LogP contribution is -2.23. The molecule has 0 spiro atoms. The third kappa shape index (κ3) is 5.21. The van der Waals surface area contributed by atoms with E-state index in [4.69, 9.17) is 0 Å². The van der Waals surface area contributed by atoms with E-state index in [1.807, 2.05) is 19.9 Å². The van der Waals surface area contributed by atoms with Gasteiger partial charge in [-0.15, -0.1) is 0 Å². The summed E-state index contributed by atoms with van der Waals surface area (Å²) in [5.41, 5.74) is 0.727. The van der Waals surface area contributed by atoms with Crippen LogP contribution in [0.1, 0.15) is 52.9 Å². The van der Waals surface area contributed by atoms with Gasteiger partial charge in [0.05, 0.1) is 0 Å². The van der Waals surface area contributed by atoms with Gasteiger partial charge >= 0.3 is 0 Å². The van der Waals surface area contributed by atoms with Crippen LogP contribution in [0.2, 0.25) is 0 Å². The minimum Gasteiger partial charge on any atom is -0.385 e. The third-order valence-corrected chi connectivity index (χ3v) is 2.52. The molecule has 0 bridgehead atoms. The highest BCUT2D eigenvalue weighted by Gasteiger charge is 2.18. The fraction of sp³-hybridized carbons (Fsp3) is 0.692. The first-order valence-electron chi connectivity index (χ1n) is 5.99. The molecule has 0 fully saturated rings. The van der Waals surface area contributed by atoms with Gasteiger partial charge in [0.1, 0.15) is 6.10 Å². The highest BCUT2D eigenvalue weighted by molar-refractivity contribution is 5.98. The van der Waals surface area contributed by atoms with E-state index in [1.165, 1.54) is 0 Å². The van der Waals surface area contributed by atoms with Crippen molar-refractivity contribution in [3.05, 3.63) is 11.6 Å². The van der Waals surface area contributed by atoms with E-state index in [2.05, 4.69) is 0 Å². The molecule has 0 aromatic heterocycles. The van der Waals surface area contributed by atoms with Crippen molar-refractivity contribution in [1.29, 1.82) is 0 Å². The number of ketones is 2. The standard InChI is InChI=1S/C13H22O3/c1-4-7-8-10(5-2)12(15)9-13(16)11(14)6-3/h8,13,16H,4-7,9H2,1-3H3/b10-8+/t13-/m1/s1. The van der Waals surface area contributed by atoms with E-state index >= 15 is 0 Å². The van der Waals surface area contributed by atoms with Crippen molar-refractivity contribution in [2.45, 2.75) is 59.0 Å². The maximum atomic E-state index is 11.7. The lowest BCUT2D eigenvalue weighted by molar-refractivity contribution is -0.130. The average molecular weight is 226 g/mol. The zero-order chi connectivity index (χ0) is 12.6. The van der Waals surface area contributed by atoms with Gasteiger partial charge in [-0.05, 0) is 18.4 Å². The summed E-state index contributed by atoms with van der Waals surface area (Å²) < 4.78 is 0.